The number of hydrogen-bond donors (Lipinski definition) is 1. The van der Waals surface area contributed by atoms with Gasteiger partial charge < -0.3 is 15.4 Å². The van der Waals surface area contributed by atoms with E-state index in [0.717, 1.165) is 35.8 Å². The van der Waals surface area contributed by atoms with Crippen LogP contribution in [0.15, 0.2) is 65.7 Å². The van der Waals surface area contributed by atoms with Crippen LogP contribution in [-0.2, 0) is 32.9 Å². The highest BCUT2D eigenvalue weighted by molar-refractivity contribution is 6.09. The molecule has 13 heteroatoms. The van der Waals surface area contributed by atoms with Crippen molar-refractivity contribution in [2.24, 2.45) is 10.7 Å². The fraction of sp³-hybridized carbons (Fsp3) is 0.300. The van der Waals surface area contributed by atoms with Crippen molar-refractivity contribution in [3.63, 3.8) is 0 Å². The number of urea groups is 1. The molecule has 5 amide bonds. The summed E-state index contributed by atoms with van der Waals surface area (Å²) in [4.78, 5) is 55.7. The van der Waals surface area contributed by atoms with E-state index in [0.29, 0.717) is 33.9 Å². The number of hydrogen-bond acceptors (Lipinski definition) is 5. The van der Waals surface area contributed by atoms with Gasteiger partial charge in [-0.15, -0.1) is 0 Å². The molecule has 2 aliphatic carbocycles. The Morgan fingerprint density at radius 3 is 2.56 bits per heavy atom. The van der Waals surface area contributed by atoms with Gasteiger partial charge in [-0.05, 0) is 53.8 Å². The highest BCUT2D eigenvalue weighted by atomic mass is 19.4. The number of aryl methyl sites for hydroxylation is 1. The summed E-state index contributed by atoms with van der Waals surface area (Å²) >= 11 is 0. The molecule has 1 aliphatic heterocycles. The maximum atomic E-state index is 13.7. The molecule has 0 radical (unpaired) electrons. The summed E-state index contributed by atoms with van der Waals surface area (Å²) in [5, 5.41) is 0. The second kappa shape index (κ2) is 11.1. The van der Waals surface area contributed by atoms with Crippen LogP contribution in [0, 0.1) is 5.82 Å². The van der Waals surface area contributed by atoms with Gasteiger partial charge in [0.15, 0.2) is 0 Å². The first-order chi connectivity index (χ1) is 20.3. The Bertz CT molecular complexity index is 1600. The highest BCUT2D eigenvalue weighted by Crippen LogP contribution is 2.46. The summed E-state index contributed by atoms with van der Waals surface area (Å²) in [6.07, 6.45) is 0.0984. The van der Waals surface area contributed by atoms with Crippen LogP contribution in [0.2, 0.25) is 0 Å². The van der Waals surface area contributed by atoms with E-state index >= 15 is 0 Å². The monoisotopic (exact) mass is 598 g/mol. The summed E-state index contributed by atoms with van der Waals surface area (Å²) in [6.45, 7) is -0.696. The van der Waals surface area contributed by atoms with Gasteiger partial charge >= 0.3 is 18.3 Å². The number of amides is 5. The second-order valence-corrected chi connectivity index (χ2v) is 10.5. The molecule has 1 fully saturated rings. The molecule has 2 aromatic rings. The van der Waals surface area contributed by atoms with E-state index in [4.69, 9.17) is 10.5 Å². The number of primary amides is 1. The zero-order valence-electron chi connectivity index (χ0n) is 22.9. The van der Waals surface area contributed by atoms with E-state index in [-0.39, 0.29) is 12.0 Å². The predicted molar refractivity (Wildman–Crippen MR) is 146 cm³/mol. The Morgan fingerprint density at radius 1 is 1.16 bits per heavy atom. The van der Waals surface area contributed by atoms with Crippen molar-refractivity contribution in [3.8, 4) is 0 Å². The number of halogens is 4. The van der Waals surface area contributed by atoms with Crippen LogP contribution in [-0.4, -0.2) is 58.2 Å². The van der Waals surface area contributed by atoms with Gasteiger partial charge in [-0.1, -0.05) is 42.5 Å². The molecule has 5 rings (SSSR count). The number of fused-ring (bicyclic) bond motifs is 2. The molecule has 224 valence electrons. The van der Waals surface area contributed by atoms with Crippen LogP contribution in [0.5, 0.6) is 0 Å². The minimum atomic E-state index is -4.80. The lowest BCUT2D eigenvalue weighted by molar-refractivity contribution is -0.187. The molecule has 3 aliphatic rings. The summed E-state index contributed by atoms with van der Waals surface area (Å²) in [6, 6.07) is 6.74. The fourth-order valence-electron chi connectivity index (χ4n) is 5.49. The van der Waals surface area contributed by atoms with Gasteiger partial charge in [0.25, 0.3) is 5.91 Å². The van der Waals surface area contributed by atoms with Crippen LogP contribution in [0.25, 0.3) is 5.57 Å². The zero-order chi connectivity index (χ0) is 31.1. The van der Waals surface area contributed by atoms with Gasteiger partial charge in [-0.2, -0.15) is 18.2 Å². The molecule has 1 saturated heterocycles. The molecule has 0 saturated carbocycles. The summed E-state index contributed by atoms with van der Waals surface area (Å²) < 4.78 is 59.9. The molecule has 1 heterocycles. The SMILES string of the molecule is C[C@H](N(Cc1ccc(F)cc1)C(=O)CN1C(=O)O[C@@]2(CCc3cc(C4=CC=CC(=NC(N)=O)C4)ccc32)C1=O)C(F)(F)F. The summed E-state index contributed by atoms with van der Waals surface area (Å²) in [5.74, 6) is -2.57. The Balaban J connectivity index is 1.37. The number of alkyl halides is 3. The summed E-state index contributed by atoms with van der Waals surface area (Å²) in [5.41, 5.74) is 6.94. The van der Waals surface area contributed by atoms with Crippen molar-refractivity contribution in [2.45, 2.75) is 50.6 Å². The molecule has 43 heavy (non-hydrogen) atoms. The standard InChI is InChI=1S/C30H26F4N4O5/c1-17(30(32,33)34)37(15-18-5-8-22(31)9-6-18)25(39)16-38-26(40)29(43-28(38)42)12-11-21-13-20(7-10-24(21)29)19-3-2-4-23(14-19)36-27(35)41/h2-10,13,17H,11-12,14-16H2,1H3,(H2,35,41)/t17-,29+/m0/s1. The number of allylic oxidation sites excluding steroid dienone is 4. The molecule has 2 atom stereocenters. The van der Waals surface area contributed by atoms with Gasteiger partial charge in [0, 0.05) is 24.9 Å². The second-order valence-electron chi connectivity index (χ2n) is 10.5. The molecule has 9 nitrogen and oxygen atoms in total. The molecular weight excluding hydrogens is 572 g/mol. The smallest absolute Gasteiger partial charge is 0.418 e. The van der Waals surface area contributed by atoms with Crippen LogP contribution < -0.4 is 5.73 Å². The van der Waals surface area contributed by atoms with E-state index in [1.807, 2.05) is 12.1 Å². The first-order valence-electron chi connectivity index (χ1n) is 13.3. The average molecular weight is 599 g/mol. The first-order valence-corrected chi connectivity index (χ1v) is 13.3. The topological polar surface area (TPSA) is 122 Å². The molecule has 1 spiro atoms. The van der Waals surface area contributed by atoms with E-state index in [2.05, 4.69) is 4.99 Å². The Labute approximate surface area is 243 Å². The van der Waals surface area contributed by atoms with E-state index in [9.17, 15) is 36.7 Å². The third-order valence-corrected chi connectivity index (χ3v) is 7.76. The van der Waals surface area contributed by atoms with Crippen LogP contribution >= 0.6 is 0 Å². The molecule has 0 bridgehead atoms. The number of aliphatic imine (C=N–C) groups is 1. The van der Waals surface area contributed by atoms with Gasteiger partial charge in [0.2, 0.25) is 11.5 Å². The lowest BCUT2D eigenvalue weighted by Gasteiger charge is -2.31. The van der Waals surface area contributed by atoms with E-state index in [1.54, 1.807) is 24.3 Å². The molecule has 2 aromatic carbocycles. The third kappa shape index (κ3) is 5.79. The first kappa shape index (κ1) is 29.7. The Morgan fingerprint density at radius 2 is 1.88 bits per heavy atom. The summed E-state index contributed by atoms with van der Waals surface area (Å²) in [7, 11) is 0. The zero-order valence-corrected chi connectivity index (χ0v) is 22.9. The van der Waals surface area contributed by atoms with Crippen LogP contribution in [0.3, 0.4) is 0 Å². The van der Waals surface area contributed by atoms with Crippen LogP contribution in [0.4, 0.5) is 27.2 Å². The molecule has 2 N–H and O–H groups in total. The van der Waals surface area contributed by atoms with Gasteiger partial charge in [0.05, 0.1) is 5.71 Å². The van der Waals surface area contributed by atoms with Gasteiger partial charge in [-0.25, -0.2) is 18.9 Å². The Kier molecular flexibility index (Phi) is 7.67. The number of nitrogens with two attached hydrogens (primary N) is 1. The van der Waals surface area contributed by atoms with Gasteiger partial charge in [-0.3, -0.25) is 9.59 Å². The largest absolute Gasteiger partial charge is 0.427 e. The molecule has 0 unspecified atom stereocenters. The number of carbonyl (C=O) groups excluding carboxylic acids is 4. The lowest BCUT2D eigenvalue weighted by Crippen LogP contribution is -2.51. The van der Waals surface area contributed by atoms with Crippen LogP contribution in [0.1, 0.15) is 42.0 Å². The maximum Gasteiger partial charge on any atom is 0.418 e. The highest BCUT2D eigenvalue weighted by Gasteiger charge is 2.58. The maximum absolute atomic E-state index is 13.7. The number of nitrogens with zero attached hydrogens (tertiary/aromatic N) is 3. The average Bonchev–Trinajstić information content (AvgIpc) is 3.43. The quantitative estimate of drug-likeness (QED) is 0.480. The molecule has 0 aromatic heterocycles. The Hall–Kier alpha value is -4.81. The predicted octanol–water partition coefficient (Wildman–Crippen LogP) is 4.79. The van der Waals surface area contributed by atoms with Crippen molar-refractivity contribution in [1.29, 1.82) is 0 Å². The van der Waals surface area contributed by atoms with Crippen molar-refractivity contribution in [1.82, 2.24) is 9.80 Å². The molecular formula is C30H26F4N4O5. The van der Waals surface area contributed by atoms with Crippen molar-refractivity contribution < 1.29 is 41.5 Å². The number of ether oxygens (including phenoxy) is 1. The minimum Gasteiger partial charge on any atom is -0.427 e. The minimum absolute atomic E-state index is 0.0899. The normalized spacial score (nSPS) is 21.2. The van der Waals surface area contributed by atoms with Gasteiger partial charge in [0.1, 0.15) is 18.4 Å². The van der Waals surface area contributed by atoms with Crippen molar-refractivity contribution in [3.05, 3.63) is 88.8 Å². The third-order valence-electron chi connectivity index (χ3n) is 7.76. The number of rotatable bonds is 6. The van der Waals surface area contributed by atoms with Crippen molar-refractivity contribution in [2.75, 3.05) is 6.54 Å². The van der Waals surface area contributed by atoms with E-state index < -0.39 is 60.7 Å². The number of imide groups is 1. The van der Waals surface area contributed by atoms with Crippen molar-refractivity contribution >= 4 is 35.2 Å². The number of carbonyl (C=O) groups is 4. The fourth-order valence-corrected chi connectivity index (χ4v) is 5.49. The lowest BCUT2D eigenvalue weighted by atomic mass is 9.90. The van der Waals surface area contributed by atoms with E-state index in [1.165, 1.54) is 12.1 Å². The number of benzene rings is 2.